The lowest BCUT2D eigenvalue weighted by Gasteiger charge is -2.23. The van der Waals surface area contributed by atoms with Gasteiger partial charge in [0.25, 0.3) is 0 Å². The van der Waals surface area contributed by atoms with Gasteiger partial charge in [-0.25, -0.2) is 8.42 Å². The summed E-state index contributed by atoms with van der Waals surface area (Å²) in [7, 11) is -3.87. The van der Waals surface area contributed by atoms with Crippen molar-refractivity contribution in [3.8, 4) is 11.1 Å². The highest BCUT2D eigenvalue weighted by atomic mass is 32.2. The van der Waals surface area contributed by atoms with E-state index in [4.69, 9.17) is 4.52 Å². The molecule has 3 aromatic rings. The molecule has 160 valence electrons. The molecule has 1 atom stereocenters. The van der Waals surface area contributed by atoms with Crippen LogP contribution in [0.5, 0.6) is 0 Å². The first-order chi connectivity index (χ1) is 14.9. The highest BCUT2D eigenvalue weighted by Crippen LogP contribution is 2.38. The first kappa shape index (κ1) is 20.0. The highest BCUT2D eigenvalue weighted by molar-refractivity contribution is 7.89. The van der Waals surface area contributed by atoms with E-state index in [2.05, 4.69) is 22.6 Å². The molecule has 1 N–H and O–H groups in total. The van der Waals surface area contributed by atoms with E-state index in [1.165, 1.54) is 21.0 Å². The van der Waals surface area contributed by atoms with Gasteiger partial charge >= 0.3 is 0 Å². The van der Waals surface area contributed by atoms with E-state index in [1.807, 2.05) is 30.3 Å². The fourth-order valence-electron chi connectivity index (χ4n) is 4.70. The molecule has 1 aliphatic carbocycles. The maximum Gasteiger partial charge on any atom is 0.249 e. The number of carbonyl (C=O) groups is 1. The Labute approximate surface area is 181 Å². The van der Waals surface area contributed by atoms with Crippen molar-refractivity contribution in [2.75, 3.05) is 11.9 Å². The molecule has 0 unspecified atom stereocenters. The second kappa shape index (κ2) is 7.32. The van der Waals surface area contributed by atoms with Gasteiger partial charge in [0.05, 0.1) is 0 Å². The zero-order chi connectivity index (χ0) is 21.8. The molecule has 2 aliphatic rings. The zero-order valence-corrected chi connectivity index (χ0v) is 18.2. The van der Waals surface area contributed by atoms with Gasteiger partial charge in [-0.05, 0) is 67.5 Å². The minimum absolute atomic E-state index is 0.0579. The van der Waals surface area contributed by atoms with Crippen LogP contribution in [0.2, 0.25) is 0 Å². The number of aromatic nitrogens is 1. The molecule has 1 saturated heterocycles. The van der Waals surface area contributed by atoms with Crippen molar-refractivity contribution in [1.82, 2.24) is 9.46 Å². The van der Waals surface area contributed by atoms with Crippen molar-refractivity contribution in [2.24, 2.45) is 0 Å². The normalized spacial score (nSPS) is 18.1. The average molecular weight is 438 g/mol. The van der Waals surface area contributed by atoms with Crippen molar-refractivity contribution < 1.29 is 17.7 Å². The van der Waals surface area contributed by atoms with Crippen molar-refractivity contribution in [2.45, 2.75) is 44.0 Å². The number of anilines is 1. The fourth-order valence-corrected chi connectivity index (χ4v) is 6.65. The Kier molecular flexibility index (Phi) is 4.71. The van der Waals surface area contributed by atoms with E-state index in [0.29, 0.717) is 30.8 Å². The molecular weight excluding hydrogens is 414 g/mol. The van der Waals surface area contributed by atoms with Crippen LogP contribution in [-0.4, -0.2) is 36.4 Å². The molecule has 5 rings (SSSR count). The van der Waals surface area contributed by atoms with Crippen molar-refractivity contribution in [3.63, 3.8) is 0 Å². The molecule has 7 nitrogen and oxygen atoms in total. The monoisotopic (exact) mass is 437 g/mol. The summed E-state index contributed by atoms with van der Waals surface area (Å²) in [6.45, 7) is 3.46. The molecule has 1 aromatic heterocycles. The van der Waals surface area contributed by atoms with Crippen LogP contribution in [0.1, 0.15) is 35.4 Å². The summed E-state index contributed by atoms with van der Waals surface area (Å²) in [6, 6.07) is 13.4. The Bertz CT molecular complexity index is 1280. The van der Waals surface area contributed by atoms with E-state index in [0.717, 1.165) is 12.0 Å². The Morgan fingerprint density at radius 3 is 2.68 bits per heavy atom. The second-order valence-electron chi connectivity index (χ2n) is 8.12. The number of hydrogen-bond acceptors (Lipinski definition) is 5. The Morgan fingerprint density at radius 1 is 1.13 bits per heavy atom. The molecule has 0 spiro atoms. The largest absolute Gasteiger partial charge is 0.360 e. The molecule has 2 aromatic carbocycles. The topological polar surface area (TPSA) is 92.5 Å². The molecule has 0 bridgehead atoms. The number of fused-ring (bicyclic) bond motifs is 3. The number of aryl methyl sites for hydroxylation is 2. The minimum Gasteiger partial charge on any atom is -0.360 e. The van der Waals surface area contributed by atoms with Gasteiger partial charge in [0.15, 0.2) is 5.76 Å². The summed E-state index contributed by atoms with van der Waals surface area (Å²) in [5.41, 5.74) is 5.82. The summed E-state index contributed by atoms with van der Waals surface area (Å²) in [5.74, 6) is -0.0787. The number of nitrogens with zero attached hydrogens (tertiary/aromatic N) is 2. The summed E-state index contributed by atoms with van der Waals surface area (Å²) in [6.07, 6.45) is 1.93. The van der Waals surface area contributed by atoms with Crippen LogP contribution in [0.4, 0.5) is 5.69 Å². The molecule has 31 heavy (non-hydrogen) atoms. The first-order valence-corrected chi connectivity index (χ1v) is 11.8. The van der Waals surface area contributed by atoms with E-state index < -0.39 is 16.1 Å². The molecule has 2 heterocycles. The van der Waals surface area contributed by atoms with Crippen LogP contribution >= 0.6 is 0 Å². The number of rotatable bonds is 4. The van der Waals surface area contributed by atoms with Gasteiger partial charge in [-0.1, -0.05) is 35.5 Å². The molecule has 1 aliphatic heterocycles. The third-order valence-electron chi connectivity index (χ3n) is 6.10. The molecule has 1 fully saturated rings. The fraction of sp³-hybridized carbons (Fsp3) is 0.304. The third-order valence-corrected chi connectivity index (χ3v) is 8.26. The minimum atomic E-state index is -3.87. The van der Waals surface area contributed by atoms with Gasteiger partial charge in [-0.15, -0.1) is 0 Å². The predicted octanol–water partition coefficient (Wildman–Crippen LogP) is 3.65. The van der Waals surface area contributed by atoms with Gasteiger partial charge in [0, 0.05) is 12.2 Å². The number of carbonyl (C=O) groups excluding carboxylic acids is 1. The number of hydrogen-bond donors (Lipinski definition) is 1. The zero-order valence-electron chi connectivity index (χ0n) is 17.4. The molecule has 0 radical (unpaired) electrons. The van der Waals surface area contributed by atoms with E-state index in [9.17, 15) is 13.2 Å². The van der Waals surface area contributed by atoms with Gasteiger partial charge in [-0.3, -0.25) is 4.79 Å². The van der Waals surface area contributed by atoms with Gasteiger partial charge in [-0.2, -0.15) is 4.31 Å². The van der Waals surface area contributed by atoms with E-state index in [-0.39, 0.29) is 16.6 Å². The lowest BCUT2D eigenvalue weighted by Crippen LogP contribution is -2.43. The highest BCUT2D eigenvalue weighted by Gasteiger charge is 2.42. The first-order valence-electron chi connectivity index (χ1n) is 10.3. The lowest BCUT2D eigenvalue weighted by atomic mass is 10.1. The molecular formula is C23H23N3O4S. The maximum atomic E-state index is 13.2. The Hall–Kier alpha value is -2.97. The smallest absolute Gasteiger partial charge is 0.249 e. The maximum absolute atomic E-state index is 13.2. The Morgan fingerprint density at radius 2 is 1.90 bits per heavy atom. The number of sulfonamides is 1. The summed E-state index contributed by atoms with van der Waals surface area (Å²) < 4.78 is 32.8. The third kappa shape index (κ3) is 3.26. The van der Waals surface area contributed by atoms with E-state index >= 15 is 0 Å². The second-order valence-corrected chi connectivity index (χ2v) is 9.95. The van der Waals surface area contributed by atoms with Crippen molar-refractivity contribution >= 4 is 21.6 Å². The quantitative estimate of drug-likeness (QED) is 0.526. The van der Waals surface area contributed by atoms with Gasteiger partial charge < -0.3 is 9.84 Å². The van der Waals surface area contributed by atoms with E-state index in [1.54, 1.807) is 13.8 Å². The summed E-state index contributed by atoms with van der Waals surface area (Å²) in [5, 5.41) is 6.69. The van der Waals surface area contributed by atoms with Crippen LogP contribution in [0.25, 0.3) is 11.1 Å². The standard InChI is InChI=1S/C23H23N3O4S/c1-14-22(15(2)30-25-14)31(28,29)26-11-5-8-21(26)23(27)24-18-9-10-20-17(13-18)12-16-6-3-4-7-19(16)20/h3-4,6-7,9-10,13,21H,5,8,11-12H2,1-2H3,(H,24,27)/t21-/m1/s1. The average Bonchev–Trinajstić information content (AvgIpc) is 3.44. The number of benzene rings is 2. The summed E-state index contributed by atoms with van der Waals surface area (Å²) in [4.78, 5) is 13.1. The number of amides is 1. The molecule has 1 amide bonds. The Balaban J connectivity index is 1.38. The SMILES string of the molecule is Cc1noc(C)c1S(=O)(=O)N1CCC[C@@H]1C(=O)Nc1ccc2c(c1)Cc1ccccc1-2. The van der Waals surface area contributed by atoms with Crippen LogP contribution in [0.15, 0.2) is 51.9 Å². The van der Waals surface area contributed by atoms with Gasteiger partial charge in [0.2, 0.25) is 15.9 Å². The van der Waals surface area contributed by atoms with Crippen LogP contribution < -0.4 is 5.32 Å². The van der Waals surface area contributed by atoms with Crippen LogP contribution in [0.3, 0.4) is 0 Å². The lowest BCUT2D eigenvalue weighted by molar-refractivity contribution is -0.119. The predicted molar refractivity (Wildman–Crippen MR) is 116 cm³/mol. The van der Waals surface area contributed by atoms with Crippen LogP contribution in [-0.2, 0) is 21.2 Å². The van der Waals surface area contributed by atoms with Crippen molar-refractivity contribution in [3.05, 3.63) is 65.0 Å². The van der Waals surface area contributed by atoms with Crippen molar-refractivity contribution in [1.29, 1.82) is 0 Å². The van der Waals surface area contributed by atoms with Gasteiger partial charge in [0.1, 0.15) is 16.6 Å². The molecule has 0 saturated carbocycles. The number of nitrogens with one attached hydrogen (secondary N) is 1. The summed E-state index contributed by atoms with van der Waals surface area (Å²) >= 11 is 0. The molecule has 8 heteroatoms. The van der Waals surface area contributed by atoms with Crippen LogP contribution in [0, 0.1) is 13.8 Å².